The van der Waals surface area contributed by atoms with Gasteiger partial charge in [-0.15, -0.1) is 0 Å². The van der Waals surface area contributed by atoms with Gasteiger partial charge in [-0.3, -0.25) is 9.36 Å². The van der Waals surface area contributed by atoms with Crippen molar-refractivity contribution in [3.05, 3.63) is 84.5 Å². The van der Waals surface area contributed by atoms with E-state index >= 15 is 0 Å². The first-order valence-electron chi connectivity index (χ1n) is 13.6. The number of methoxy groups -OCH3 is 1. The molecule has 0 bridgehead atoms. The zero-order valence-corrected chi connectivity index (χ0v) is 25.3. The second-order valence-electron chi connectivity index (χ2n) is 9.55. The van der Waals surface area contributed by atoms with Crippen molar-refractivity contribution >= 4 is 29.4 Å². The molecule has 1 aliphatic rings. The number of carbonyl (C=O) groups excluding carboxylic acids is 2. The van der Waals surface area contributed by atoms with Crippen molar-refractivity contribution in [2.24, 2.45) is 4.99 Å². The van der Waals surface area contributed by atoms with Crippen LogP contribution in [-0.4, -0.2) is 49.5 Å². The largest absolute Gasteiger partial charge is 0.491 e. The van der Waals surface area contributed by atoms with E-state index in [9.17, 15) is 14.4 Å². The highest BCUT2D eigenvalue weighted by Crippen LogP contribution is 2.36. The number of thiazole rings is 1. The summed E-state index contributed by atoms with van der Waals surface area (Å²) < 4.78 is 29.2. The Morgan fingerprint density at radius 2 is 1.86 bits per heavy atom. The SMILES string of the molecule is CCOC(=O)C1=C(C)N=c2s/c(=C/c3cccc(OC(C)C)c3)c(=O)n2[C@@H]1c1ccc(OCC(=O)OC)c(OCC)c1. The van der Waals surface area contributed by atoms with Crippen LogP contribution in [0.5, 0.6) is 17.2 Å². The van der Waals surface area contributed by atoms with Crippen molar-refractivity contribution in [2.45, 2.75) is 46.8 Å². The normalized spacial score (nSPS) is 14.7. The molecule has 1 atom stereocenters. The number of benzene rings is 2. The molecule has 0 aliphatic carbocycles. The fraction of sp³-hybridized carbons (Fsp3) is 0.355. The number of esters is 2. The fourth-order valence-electron chi connectivity index (χ4n) is 4.49. The Balaban J connectivity index is 1.87. The molecule has 42 heavy (non-hydrogen) atoms. The van der Waals surface area contributed by atoms with E-state index in [2.05, 4.69) is 9.73 Å². The van der Waals surface area contributed by atoms with Gasteiger partial charge >= 0.3 is 11.9 Å². The van der Waals surface area contributed by atoms with Gasteiger partial charge in [-0.2, -0.15) is 0 Å². The molecule has 4 rings (SSSR count). The van der Waals surface area contributed by atoms with Crippen molar-refractivity contribution < 1.29 is 33.3 Å². The van der Waals surface area contributed by atoms with Crippen LogP contribution in [-0.2, 0) is 19.1 Å². The summed E-state index contributed by atoms with van der Waals surface area (Å²) in [7, 11) is 1.27. The summed E-state index contributed by atoms with van der Waals surface area (Å²) in [5.41, 5.74) is 1.76. The van der Waals surface area contributed by atoms with Crippen LogP contribution < -0.4 is 29.1 Å². The zero-order valence-electron chi connectivity index (χ0n) is 24.5. The summed E-state index contributed by atoms with van der Waals surface area (Å²) in [6.07, 6.45) is 1.79. The van der Waals surface area contributed by atoms with Crippen molar-refractivity contribution in [1.82, 2.24) is 4.57 Å². The molecule has 0 fully saturated rings. The molecule has 0 radical (unpaired) electrons. The third-order valence-corrected chi connectivity index (χ3v) is 7.18. The third kappa shape index (κ3) is 6.73. The summed E-state index contributed by atoms with van der Waals surface area (Å²) in [6.45, 7) is 9.32. The van der Waals surface area contributed by atoms with E-state index in [1.165, 1.54) is 23.0 Å². The Labute approximate surface area is 247 Å². The third-order valence-electron chi connectivity index (χ3n) is 6.20. The first kappa shape index (κ1) is 30.6. The first-order chi connectivity index (χ1) is 20.2. The lowest BCUT2D eigenvalue weighted by molar-refractivity contribution is -0.143. The van der Waals surface area contributed by atoms with Crippen LogP contribution in [0.4, 0.5) is 0 Å². The molecular weight excluding hydrogens is 560 g/mol. The predicted octanol–water partition coefficient (Wildman–Crippen LogP) is 3.54. The van der Waals surface area contributed by atoms with Gasteiger partial charge in [-0.05, 0) is 76.1 Å². The molecule has 0 amide bonds. The molecule has 1 aromatic heterocycles. The van der Waals surface area contributed by atoms with Crippen molar-refractivity contribution in [1.29, 1.82) is 0 Å². The lowest BCUT2D eigenvalue weighted by Gasteiger charge is -2.25. The average Bonchev–Trinajstić information content (AvgIpc) is 3.25. The summed E-state index contributed by atoms with van der Waals surface area (Å²) >= 11 is 1.23. The highest BCUT2D eigenvalue weighted by Gasteiger charge is 2.34. The monoisotopic (exact) mass is 594 g/mol. The van der Waals surface area contributed by atoms with Gasteiger partial charge in [0.05, 0.1) is 48.3 Å². The molecule has 3 aromatic rings. The summed E-state index contributed by atoms with van der Waals surface area (Å²) in [4.78, 5) is 43.9. The molecule has 222 valence electrons. The van der Waals surface area contributed by atoms with Gasteiger partial charge in [-0.25, -0.2) is 14.6 Å². The van der Waals surface area contributed by atoms with E-state index in [1.54, 1.807) is 38.1 Å². The van der Waals surface area contributed by atoms with Crippen molar-refractivity contribution in [3.8, 4) is 17.2 Å². The van der Waals surface area contributed by atoms with E-state index in [0.29, 0.717) is 44.4 Å². The van der Waals surface area contributed by atoms with Crippen LogP contribution in [0.3, 0.4) is 0 Å². The number of hydrogen-bond acceptors (Lipinski definition) is 10. The Bertz CT molecular complexity index is 1690. The topological polar surface area (TPSA) is 115 Å². The zero-order chi connectivity index (χ0) is 30.4. The second kappa shape index (κ2) is 13.5. The molecule has 1 aliphatic heterocycles. The van der Waals surface area contributed by atoms with Crippen LogP contribution in [0.25, 0.3) is 6.08 Å². The van der Waals surface area contributed by atoms with E-state index in [0.717, 1.165) is 5.56 Å². The maximum Gasteiger partial charge on any atom is 0.343 e. The van der Waals surface area contributed by atoms with Crippen molar-refractivity contribution in [2.75, 3.05) is 26.9 Å². The molecule has 2 aromatic carbocycles. The minimum Gasteiger partial charge on any atom is -0.491 e. The number of carbonyl (C=O) groups is 2. The molecule has 0 unspecified atom stereocenters. The second-order valence-corrected chi connectivity index (χ2v) is 10.6. The van der Waals surface area contributed by atoms with E-state index in [1.807, 2.05) is 45.0 Å². The molecule has 0 N–H and O–H groups in total. The van der Waals surface area contributed by atoms with Gasteiger partial charge in [0.2, 0.25) is 0 Å². The van der Waals surface area contributed by atoms with Crippen molar-refractivity contribution in [3.63, 3.8) is 0 Å². The van der Waals surface area contributed by atoms with Gasteiger partial charge in [0.1, 0.15) is 5.75 Å². The van der Waals surface area contributed by atoms with Gasteiger partial charge in [-0.1, -0.05) is 29.5 Å². The van der Waals surface area contributed by atoms with Crippen LogP contribution in [0.15, 0.2) is 63.5 Å². The molecule has 0 saturated heterocycles. The Morgan fingerprint density at radius 1 is 1.07 bits per heavy atom. The van der Waals surface area contributed by atoms with Gasteiger partial charge in [0.25, 0.3) is 5.56 Å². The number of allylic oxidation sites excluding steroid dienone is 1. The average molecular weight is 595 g/mol. The number of hydrogen-bond donors (Lipinski definition) is 0. The van der Waals surface area contributed by atoms with E-state index in [-0.39, 0.29) is 30.5 Å². The molecular formula is C31H34N2O8S. The number of rotatable bonds is 11. The maximum absolute atomic E-state index is 14.0. The summed E-state index contributed by atoms with van der Waals surface area (Å²) in [5.74, 6) is 0.252. The molecule has 10 nitrogen and oxygen atoms in total. The molecule has 0 saturated carbocycles. The number of nitrogens with zero attached hydrogens (tertiary/aromatic N) is 2. The van der Waals surface area contributed by atoms with Gasteiger partial charge in [0, 0.05) is 0 Å². The van der Waals surface area contributed by atoms with Gasteiger partial charge < -0.3 is 23.7 Å². The maximum atomic E-state index is 14.0. The van der Waals surface area contributed by atoms with Gasteiger partial charge in [0.15, 0.2) is 22.9 Å². The van der Waals surface area contributed by atoms with Crippen LogP contribution in [0.1, 0.15) is 51.8 Å². The molecule has 2 heterocycles. The standard InChI is InChI=1S/C31H34N2O8S/c1-7-38-24-16-21(12-13-23(24)40-17-26(34)37-6)28-27(30(36)39-8-2)19(5)32-31-33(28)29(35)25(42-31)15-20-10-9-11-22(14-20)41-18(3)4/h9-16,18,28H,7-8,17H2,1-6H3/b25-15+/t28-/m1/s1. The minimum absolute atomic E-state index is 0.00802. The quantitative estimate of drug-likeness (QED) is 0.310. The minimum atomic E-state index is -0.841. The van der Waals surface area contributed by atoms with E-state index < -0.39 is 18.0 Å². The van der Waals surface area contributed by atoms with E-state index in [4.69, 9.17) is 18.9 Å². The smallest absolute Gasteiger partial charge is 0.343 e. The van der Waals surface area contributed by atoms with Crippen LogP contribution in [0, 0.1) is 0 Å². The predicted molar refractivity (Wildman–Crippen MR) is 158 cm³/mol. The fourth-order valence-corrected chi connectivity index (χ4v) is 5.53. The summed E-state index contributed by atoms with van der Waals surface area (Å²) in [5, 5.41) is 0. The Morgan fingerprint density at radius 3 is 2.55 bits per heavy atom. The lowest BCUT2D eigenvalue weighted by atomic mass is 9.95. The first-order valence-corrected chi connectivity index (χ1v) is 14.4. The lowest BCUT2D eigenvalue weighted by Crippen LogP contribution is -2.40. The number of aromatic nitrogens is 1. The van der Waals surface area contributed by atoms with Crippen LogP contribution >= 0.6 is 11.3 Å². The highest BCUT2D eigenvalue weighted by molar-refractivity contribution is 7.07. The Hall–Kier alpha value is -4.38. The molecule has 11 heteroatoms. The summed E-state index contributed by atoms with van der Waals surface area (Å²) in [6, 6.07) is 11.7. The molecule has 0 spiro atoms. The van der Waals surface area contributed by atoms with Crippen LogP contribution in [0.2, 0.25) is 0 Å². The number of ether oxygens (including phenoxy) is 5. The highest BCUT2D eigenvalue weighted by atomic mass is 32.1. The number of fused-ring (bicyclic) bond motifs is 1. The Kier molecular flexibility index (Phi) is 9.84.